The highest BCUT2D eigenvalue weighted by atomic mass is 32.2. The normalized spacial score (nSPS) is 20.1. The number of thioether (sulfide) groups is 1. The number of nitrogens with one attached hydrogen (secondary N) is 1. The number of rotatable bonds is 7. The van der Waals surface area contributed by atoms with Crippen LogP contribution >= 0.6 is 24.0 Å². The van der Waals surface area contributed by atoms with Crippen molar-refractivity contribution >= 4 is 41.1 Å². The first kappa shape index (κ1) is 20.8. The van der Waals surface area contributed by atoms with Gasteiger partial charge in [0.15, 0.2) is 5.11 Å². The lowest BCUT2D eigenvalue weighted by molar-refractivity contribution is -0.123. The minimum Gasteiger partial charge on any atom is -0.496 e. The highest BCUT2D eigenvalue weighted by Gasteiger charge is 2.33. The van der Waals surface area contributed by atoms with Crippen molar-refractivity contribution in [3.63, 3.8) is 0 Å². The van der Waals surface area contributed by atoms with Gasteiger partial charge in [0.05, 0.1) is 24.8 Å². The summed E-state index contributed by atoms with van der Waals surface area (Å²) in [4.78, 5) is 18.8. The minimum absolute atomic E-state index is 0.0595. The molecule has 3 heterocycles. The zero-order valence-corrected chi connectivity index (χ0v) is 18.3. The standard InChI is InChI=1S/C22H23N3O3S2/c1-27-19-8-7-15(11-16(19)14-30-20-6-2-3-9-23-20)12-18-21(26)25(22(29)24-18)13-17-5-4-10-28-17/h2-3,6-9,11-12,17H,4-5,10,13-14H2,1H3,(H,24,29)/b18-12-/t17-/m1/s1. The molecular weight excluding hydrogens is 418 g/mol. The van der Waals surface area contributed by atoms with Gasteiger partial charge in [-0.1, -0.05) is 12.1 Å². The van der Waals surface area contributed by atoms with Crippen molar-refractivity contribution in [3.05, 3.63) is 59.4 Å². The van der Waals surface area contributed by atoms with E-state index in [2.05, 4.69) is 10.3 Å². The summed E-state index contributed by atoms with van der Waals surface area (Å²) >= 11 is 7.01. The maximum absolute atomic E-state index is 12.8. The number of carbonyl (C=O) groups excluding carboxylic acids is 1. The number of hydrogen-bond acceptors (Lipinski definition) is 6. The van der Waals surface area contributed by atoms with E-state index in [0.717, 1.165) is 41.4 Å². The molecule has 1 amide bonds. The Morgan fingerprint density at radius 3 is 3.03 bits per heavy atom. The molecule has 0 unspecified atom stereocenters. The fraction of sp³-hybridized carbons (Fsp3) is 0.318. The van der Waals surface area contributed by atoms with Gasteiger partial charge >= 0.3 is 0 Å². The molecule has 0 saturated carbocycles. The molecule has 4 rings (SSSR count). The molecule has 1 aromatic carbocycles. The SMILES string of the molecule is COc1ccc(/C=C2\NC(=S)N(C[C@H]3CCCO3)C2=O)cc1CSc1ccccn1. The average molecular weight is 442 g/mol. The number of hydrogen-bond donors (Lipinski definition) is 1. The fourth-order valence-electron chi connectivity index (χ4n) is 3.48. The number of carbonyl (C=O) groups is 1. The van der Waals surface area contributed by atoms with Crippen LogP contribution in [0.2, 0.25) is 0 Å². The van der Waals surface area contributed by atoms with Crippen molar-refractivity contribution in [1.29, 1.82) is 0 Å². The van der Waals surface area contributed by atoms with Gasteiger partial charge in [0.1, 0.15) is 11.4 Å². The van der Waals surface area contributed by atoms with Crippen molar-refractivity contribution in [1.82, 2.24) is 15.2 Å². The number of thiocarbonyl (C=S) groups is 1. The van der Waals surface area contributed by atoms with Crippen molar-refractivity contribution in [2.45, 2.75) is 29.7 Å². The molecule has 1 atom stereocenters. The molecule has 2 aliphatic heterocycles. The zero-order valence-electron chi connectivity index (χ0n) is 16.7. The molecule has 2 aliphatic rings. The number of methoxy groups -OCH3 is 1. The van der Waals surface area contributed by atoms with Gasteiger partial charge in [0.2, 0.25) is 0 Å². The topological polar surface area (TPSA) is 63.7 Å². The van der Waals surface area contributed by atoms with Crippen molar-refractivity contribution in [2.24, 2.45) is 0 Å². The summed E-state index contributed by atoms with van der Waals surface area (Å²) in [5.41, 5.74) is 2.42. The van der Waals surface area contributed by atoms with E-state index >= 15 is 0 Å². The Labute approximate surface area is 185 Å². The summed E-state index contributed by atoms with van der Waals surface area (Å²) in [6, 6.07) is 11.7. The molecule has 0 radical (unpaired) electrons. The molecule has 2 aromatic rings. The Balaban J connectivity index is 1.49. The number of ether oxygens (including phenoxy) is 2. The second kappa shape index (κ2) is 9.59. The Kier molecular flexibility index (Phi) is 6.66. The van der Waals surface area contributed by atoms with Crippen LogP contribution in [-0.4, -0.2) is 47.3 Å². The lowest BCUT2D eigenvalue weighted by Crippen LogP contribution is -2.37. The summed E-state index contributed by atoms with van der Waals surface area (Å²) in [6.45, 7) is 1.25. The fourth-order valence-corrected chi connectivity index (χ4v) is 4.59. The van der Waals surface area contributed by atoms with E-state index in [1.165, 1.54) is 0 Å². The smallest absolute Gasteiger partial charge is 0.276 e. The molecule has 8 heteroatoms. The van der Waals surface area contributed by atoms with Gasteiger partial charge in [-0.15, -0.1) is 11.8 Å². The second-order valence-electron chi connectivity index (χ2n) is 7.07. The lowest BCUT2D eigenvalue weighted by Gasteiger charge is -2.18. The van der Waals surface area contributed by atoms with Crippen LogP contribution < -0.4 is 10.1 Å². The zero-order chi connectivity index (χ0) is 20.9. The van der Waals surface area contributed by atoms with Crippen LogP contribution in [-0.2, 0) is 15.3 Å². The predicted molar refractivity (Wildman–Crippen MR) is 121 cm³/mol. The van der Waals surface area contributed by atoms with Crippen molar-refractivity contribution in [2.75, 3.05) is 20.3 Å². The molecule has 1 N–H and O–H groups in total. The number of pyridine rings is 1. The Morgan fingerprint density at radius 2 is 2.30 bits per heavy atom. The molecular formula is C22H23N3O3S2. The van der Waals surface area contributed by atoms with Crippen LogP contribution in [0.4, 0.5) is 0 Å². The third-order valence-corrected chi connectivity index (χ3v) is 6.32. The van der Waals surface area contributed by atoms with E-state index in [9.17, 15) is 4.79 Å². The number of amides is 1. The summed E-state index contributed by atoms with van der Waals surface area (Å²) in [5.74, 6) is 1.40. The van der Waals surface area contributed by atoms with Gasteiger partial charge in [-0.3, -0.25) is 9.69 Å². The minimum atomic E-state index is -0.115. The van der Waals surface area contributed by atoms with Gasteiger partial charge in [0.25, 0.3) is 5.91 Å². The molecule has 0 bridgehead atoms. The third-order valence-electron chi connectivity index (χ3n) is 5.00. The van der Waals surface area contributed by atoms with Gasteiger partial charge in [-0.05, 0) is 61.0 Å². The Morgan fingerprint density at radius 1 is 1.40 bits per heavy atom. The van der Waals surface area contributed by atoms with Crippen molar-refractivity contribution in [3.8, 4) is 5.75 Å². The summed E-state index contributed by atoms with van der Waals surface area (Å²) in [7, 11) is 1.66. The predicted octanol–water partition coefficient (Wildman–Crippen LogP) is 3.62. The number of nitrogens with zero attached hydrogens (tertiary/aromatic N) is 2. The molecule has 156 valence electrons. The van der Waals surface area contributed by atoms with Crippen LogP contribution in [0.15, 0.2) is 53.3 Å². The van der Waals surface area contributed by atoms with Crippen LogP contribution in [0.25, 0.3) is 6.08 Å². The third kappa shape index (κ3) is 4.83. The Bertz CT molecular complexity index is 959. The highest BCUT2D eigenvalue weighted by molar-refractivity contribution is 7.98. The molecule has 2 saturated heterocycles. The molecule has 2 fully saturated rings. The second-order valence-corrected chi connectivity index (χ2v) is 8.45. The monoisotopic (exact) mass is 441 g/mol. The van der Waals surface area contributed by atoms with E-state index in [1.54, 1.807) is 30.0 Å². The quantitative estimate of drug-likeness (QED) is 0.400. The van der Waals surface area contributed by atoms with Crippen LogP contribution in [0, 0.1) is 0 Å². The van der Waals surface area contributed by atoms with Crippen LogP contribution in [0.3, 0.4) is 0 Å². The highest BCUT2D eigenvalue weighted by Crippen LogP contribution is 2.29. The number of benzene rings is 1. The number of aromatic nitrogens is 1. The van der Waals surface area contributed by atoms with Gasteiger partial charge in [0, 0.05) is 24.1 Å². The molecule has 0 aliphatic carbocycles. The largest absolute Gasteiger partial charge is 0.496 e. The average Bonchev–Trinajstić information content (AvgIpc) is 3.37. The van der Waals surface area contributed by atoms with Gasteiger partial charge in [-0.2, -0.15) is 0 Å². The summed E-state index contributed by atoms with van der Waals surface area (Å²) < 4.78 is 11.2. The molecule has 0 spiro atoms. The Hall–Kier alpha value is -2.42. The first-order valence-corrected chi connectivity index (χ1v) is 11.2. The maximum atomic E-state index is 12.8. The van der Waals surface area contributed by atoms with Gasteiger partial charge < -0.3 is 14.8 Å². The molecule has 6 nitrogen and oxygen atoms in total. The summed E-state index contributed by atoms with van der Waals surface area (Å²) in [5, 5.41) is 4.43. The van der Waals surface area contributed by atoms with E-state index in [1.807, 2.05) is 42.5 Å². The summed E-state index contributed by atoms with van der Waals surface area (Å²) in [6.07, 6.45) is 5.66. The van der Waals surface area contributed by atoms with E-state index in [4.69, 9.17) is 21.7 Å². The lowest BCUT2D eigenvalue weighted by atomic mass is 10.1. The van der Waals surface area contributed by atoms with Crippen LogP contribution in [0.1, 0.15) is 24.0 Å². The van der Waals surface area contributed by atoms with Gasteiger partial charge in [-0.25, -0.2) is 4.98 Å². The molecule has 1 aromatic heterocycles. The van der Waals surface area contributed by atoms with Crippen LogP contribution in [0.5, 0.6) is 5.75 Å². The first-order valence-electron chi connectivity index (χ1n) is 9.81. The van der Waals surface area contributed by atoms with Crippen molar-refractivity contribution < 1.29 is 14.3 Å². The van der Waals surface area contributed by atoms with E-state index in [-0.39, 0.29) is 12.0 Å². The molecule has 30 heavy (non-hydrogen) atoms. The van der Waals surface area contributed by atoms with E-state index in [0.29, 0.717) is 23.1 Å². The first-order chi connectivity index (χ1) is 14.6. The van der Waals surface area contributed by atoms with E-state index < -0.39 is 0 Å². The maximum Gasteiger partial charge on any atom is 0.276 e.